The van der Waals surface area contributed by atoms with Crippen molar-refractivity contribution >= 4 is 5.69 Å². The molecule has 0 aliphatic carbocycles. The molecule has 3 rings (SSSR count). The fourth-order valence-corrected chi connectivity index (χ4v) is 3.99. The van der Waals surface area contributed by atoms with Gasteiger partial charge in [0, 0.05) is 30.9 Å². The average molecular weight is 322 g/mol. The van der Waals surface area contributed by atoms with Gasteiger partial charge in [0.2, 0.25) is 0 Å². The zero-order valence-corrected chi connectivity index (χ0v) is 15.2. The van der Waals surface area contributed by atoms with Crippen LogP contribution in [0.25, 0.3) is 0 Å². The molecule has 2 heteroatoms. The predicted octanol–water partition coefficient (Wildman–Crippen LogP) is 4.81. The number of para-hydroxylation sites is 1. The fraction of sp³-hybridized carbons (Fsp3) is 0.455. The van der Waals surface area contributed by atoms with Gasteiger partial charge >= 0.3 is 0 Å². The van der Waals surface area contributed by atoms with E-state index in [1.165, 1.54) is 30.6 Å². The molecule has 128 valence electrons. The van der Waals surface area contributed by atoms with Gasteiger partial charge in [0.05, 0.1) is 0 Å². The fourth-order valence-electron chi connectivity index (χ4n) is 3.99. The lowest BCUT2D eigenvalue weighted by Crippen LogP contribution is -2.50. The normalized spacial score (nSPS) is 21.8. The molecule has 0 amide bonds. The molecule has 1 aliphatic rings. The molecule has 0 aromatic heterocycles. The van der Waals surface area contributed by atoms with Crippen LogP contribution >= 0.6 is 0 Å². The first-order valence-electron chi connectivity index (χ1n) is 9.21. The maximum absolute atomic E-state index is 2.62. The lowest BCUT2D eigenvalue weighted by atomic mass is 9.88. The van der Waals surface area contributed by atoms with E-state index in [9.17, 15) is 0 Å². The predicted molar refractivity (Wildman–Crippen MR) is 103 cm³/mol. The summed E-state index contributed by atoms with van der Waals surface area (Å²) in [6.07, 6.45) is 2.48. The number of nitrogens with zero attached hydrogens (tertiary/aromatic N) is 2. The molecule has 0 spiro atoms. The Balaban J connectivity index is 1.84. The second-order valence-corrected chi connectivity index (χ2v) is 7.42. The van der Waals surface area contributed by atoms with Crippen LogP contribution in [0.2, 0.25) is 0 Å². The first-order valence-corrected chi connectivity index (χ1v) is 9.21. The van der Waals surface area contributed by atoms with Gasteiger partial charge in [0.25, 0.3) is 0 Å². The van der Waals surface area contributed by atoms with Gasteiger partial charge in [-0.25, -0.2) is 0 Å². The molecule has 2 atom stereocenters. The first kappa shape index (κ1) is 17.0. The van der Waals surface area contributed by atoms with Gasteiger partial charge in [-0.1, -0.05) is 62.4 Å². The lowest BCUT2D eigenvalue weighted by molar-refractivity contribution is 0.127. The van der Waals surface area contributed by atoms with Crippen molar-refractivity contribution in [2.45, 2.75) is 45.3 Å². The lowest BCUT2D eigenvalue weighted by Gasteiger charge is -2.44. The molecule has 24 heavy (non-hydrogen) atoms. The highest BCUT2D eigenvalue weighted by Crippen LogP contribution is 2.30. The van der Waals surface area contributed by atoms with Crippen molar-refractivity contribution in [1.29, 1.82) is 0 Å². The van der Waals surface area contributed by atoms with Crippen LogP contribution in [-0.4, -0.2) is 30.6 Å². The molecule has 0 N–H and O–H groups in total. The van der Waals surface area contributed by atoms with Crippen LogP contribution in [0.3, 0.4) is 0 Å². The molecule has 1 heterocycles. The average Bonchev–Trinajstić information content (AvgIpc) is 2.62. The number of hydrogen-bond acceptors (Lipinski definition) is 2. The van der Waals surface area contributed by atoms with Crippen molar-refractivity contribution in [1.82, 2.24) is 4.90 Å². The molecule has 1 saturated heterocycles. The van der Waals surface area contributed by atoms with Crippen molar-refractivity contribution in [2.75, 3.05) is 18.5 Å². The summed E-state index contributed by atoms with van der Waals surface area (Å²) in [6.45, 7) is 6.89. The zero-order valence-electron chi connectivity index (χ0n) is 15.2. The van der Waals surface area contributed by atoms with Gasteiger partial charge in [-0.3, -0.25) is 0 Å². The summed E-state index contributed by atoms with van der Waals surface area (Å²) in [6, 6.07) is 23.1. The van der Waals surface area contributed by atoms with E-state index in [0.29, 0.717) is 18.0 Å². The minimum Gasteiger partial charge on any atom is -0.364 e. The van der Waals surface area contributed by atoms with E-state index in [-0.39, 0.29) is 0 Å². The third-order valence-electron chi connectivity index (χ3n) is 5.39. The summed E-state index contributed by atoms with van der Waals surface area (Å²) in [5.41, 5.74) is 2.74. The maximum atomic E-state index is 2.62. The van der Waals surface area contributed by atoms with E-state index in [4.69, 9.17) is 0 Å². The Morgan fingerprint density at radius 3 is 2.25 bits per heavy atom. The van der Waals surface area contributed by atoms with Gasteiger partial charge < -0.3 is 9.80 Å². The molecule has 1 fully saturated rings. The Hall–Kier alpha value is -1.80. The standard InChI is InChI=1S/C22H30N2/c1-18(2)22-16-21(14-15-23(22)3)24(20-12-8-5-9-13-20)17-19-10-6-4-7-11-19/h4-13,18,21-22H,14-17H2,1-3H3/t21-,22-/m0/s1. The van der Waals surface area contributed by atoms with Crippen LogP contribution in [0.15, 0.2) is 60.7 Å². The van der Waals surface area contributed by atoms with E-state index < -0.39 is 0 Å². The van der Waals surface area contributed by atoms with Gasteiger partial charge in [-0.2, -0.15) is 0 Å². The molecule has 2 nitrogen and oxygen atoms in total. The van der Waals surface area contributed by atoms with Crippen LogP contribution in [0.1, 0.15) is 32.3 Å². The molecule has 0 unspecified atom stereocenters. The Kier molecular flexibility index (Phi) is 5.57. The number of rotatable bonds is 5. The summed E-state index contributed by atoms with van der Waals surface area (Å²) in [5, 5.41) is 0. The summed E-state index contributed by atoms with van der Waals surface area (Å²) >= 11 is 0. The molecule has 0 saturated carbocycles. The monoisotopic (exact) mass is 322 g/mol. The zero-order chi connectivity index (χ0) is 16.9. The van der Waals surface area contributed by atoms with E-state index in [2.05, 4.69) is 91.4 Å². The second-order valence-electron chi connectivity index (χ2n) is 7.42. The minimum atomic E-state index is 0.608. The van der Waals surface area contributed by atoms with Crippen molar-refractivity contribution in [3.05, 3.63) is 66.2 Å². The SMILES string of the molecule is CC(C)[C@@H]1C[C@@H](N(Cc2ccccc2)c2ccccc2)CCN1C. The Labute approximate surface area is 147 Å². The van der Waals surface area contributed by atoms with Crippen molar-refractivity contribution in [2.24, 2.45) is 5.92 Å². The van der Waals surface area contributed by atoms with Crippen LogP contribution in [0.5, 0.6) is 0 Å². The third-order valence-corrected chi connectivity index (χ3v) is 5.39. The molecule has 2 aromatic carbocycles. The minimum absolute atomic E-state index is 0.608. The number of hydrogen-bond donors (Lipinski definition) is 0. The van der Waals surface area contributed by atoms with Crippen molar-refractivity contribution in [3.63, 3.8) is 0 Å². The van der Waals surface area contributed by atoms with Crippen LogP contribution in [-0.2, 0) is 6.54 Å². The van der Waals surface area contributed by atoms with Gasteiger partial charge in [-0.05, 0) is 43.5 Å². The van der Waals surface area contributed by atoms with E-state index >= 15 is 0 Å². The topological polar surface area (TPSA) is 6.48 Å². The quantitative estimate of drug-likeness (QED) is 0.779. The van der Waals surface area contributed by atoms with E-state index in [1.54, 1.807) is 0 Å². The van der Waals surface area contributed by atoms with Crippen molar-refractivity contribution < 1.29 is 0 Å². The van der Waals surface area contributed by atoms with E-state index in [1.807, 2.05) is 0 Å². The smallest absolute Gasteiger partial charge is 0.0432 e. The summed E-state index contributed by atoms with van der Waals surface area (Å²) < 4.78 is 0. The molecule has 1 aliphatic heterocycles. The Morgan fingerprint density at radius 1 is 1.00 bits per heavy atom. The van der Waals surface area contributed by atoms with Gasteiger partial charge in [-0.15, -0.1) is 0 Å². The molecule has 2 aromatic rings. The molecule has 0 radical (unpaired) electrons. The number of benzene rings is 2. The number of likely N-dealkylation sites (tertiary alicyclic amines) is 1. The second kappa shape index (κ2) is 7.85. The molecular formula is C22H30N2. The van der Waals surface area contributed by atoms with Gasteiger partial charge in [0.15, 0.2) is 0 Å². The summed E-state index contributed by atoms with van der Waals surface area (Å²) in [5.74, 6) is 0.701. The number of anilines is 1. The van der Waals surface area contributed by atoms with Crippen LogP contribution < -0.4 is 4.90 Å². The van der Waals surface area contributed by atoms with Gasteiger partial charge in [0.1, 0.15) is 0 Å². The summed E-state index contributed by atoms with van der Waals surface area (Å²) in [7, 11) is 2.28. The third kappa shape index (κ3) is 3.99. The molecular weight excluding hydrogens is 292 g/mol. The first-order chi connectivity index (χ1) is 11.6. The summed E-state index contributed by atoms with van der Waals surface area (Å²) in [4.78, 5) is 5.17. The van der Waals surface area contributed by atoms with Crippen LogP contribution in [0.4, 0.5) is 5.69 Å². The Morgan fingerprint density at radius 2 is 1.62 bits per heavy atom. The van der Waals surface area contributed by atoms with Crippen LogP contribution in [0, 0.1) is 5.92 Å². The Bertz CT molecular complexity index is 608. The van der Waals surface area contributed by atoms with Crippen molar-refractivity contribution in [3.8, 4) is 0 Å². The highest BCUT2D eigenvalue weighted by molar-refractivity contribution is 5.48. The number of piperidine rings is 1. The molecule has 0 bridgehead atoms. The highest BCUT2D eigenvalue weighted by atomic mass is 15.2. The maximum Gasteiger partial charge on any atom is 0.0432 e. The highest BCUT2D eigenvalue weighted by Gasteiger charge is 2.31. The largest absolute Gasteiger partial charge is 0.364 e. The van der Waals surface area contributed by atoms with E-state index in [0.717, 1.165) is 6.54 Å².